The Hall–Kier alpha value is -2.10. The van der Waals surface area contributed by atoms with Gasteiger partial charge in [0.15, 0.2) is 0 Å². The fraction of sp³-hybridized carbons (Fsp3) is 0.333. The van der Waals surface area contributed by atoms with E-state index < -0.39 is 5.97 Å². The number of hydrogen-bond acceptors (Lipinski definition) is 2. The van der Waals surface area contributed by atoms with E-state index in [2.05, 4.69) is 37.9 Å². The molecule has 0 unspecified atom stereocenters. The zero-order chi connectivity index (χ0) is 14.0. The number of aromatic nitrogens is 2. The highest BCUT2D eigenvalue weighted by Gasteiger charge is 2.07. The summed E-state index contributed by atoms with van der Waals surface area (Å²) in [5, 5.41) is 8.74. The van der Waals surface area contributed by atoms with Gasteiger partial charge in [0.25, 0.3) is 0 Å². The van der Waals surface area contributed by atoms with Crippen molar-refractivity contribution in [2.45, 2.75) is 33.7 Å². The molecule has 1 heterocycles. The van der Waals surface area contributed by atoms with E-state index >= 15 is 0 Å². The van der Waals surface area contributed by atoms with E-state index in [4.69, 9.17) is 5.11 Å². The number of aryl methyl sites for hydroxylation is 3. The molecule has 4 heteroatoms. The summed E-state index contributed by atoms with van der Waals surface area (Å²) in [5.74, 6) is -0.854. The van der Waals surface area contributed by atoms with Crippen molar-refractivity contribution in [3.63, 3.8) is 0 Å². The molecule has 1 aromatic heterocycles. The van der Waals surface area contributed by atoms with Crippen molar-refractivity contribution in [3.8, 4) is 0 Å². The van der Waals surface area contributed by atoms with Crippen LogP contribution in [0.1, 0.15) is 27.9 Å². The molecule has 4 nitrogen and oxygen atoms in total. The monoisotopic (exact) mass is 258 g/mol. The third-order valence-electron chi connectivity index (χ3n) is 3.20. The Morgan fingerprint density at radius 3 is 2.47 bits per heavy atom. The smallest absolute Gasteiger partial charge is 0.309 e. The molecule has 0 atom stereocenters. The van der Waals surface area contributed by atoms with E-state index in [9.17, 15) is 4.79 Å². The zero-order valence-corrected chi connectivity index (χ0v) is 11.5. The number of hydrogen-bond donors (Lipinski definition) is 1. The number of rotatable bonds is 4. The van der Waals surface area contributed by atoms with E-state index in [0.717, 1.165) is 6.54 Å². The van der Waals surface area contributed by atoms with Crippen LogP contribution in [-0.2, 0) is 17.8 Å². The summed E-state index contributed by atoms with van der Waals surface area (Å²) in [6.45, 7) is 7.02. The van der Waals surface area contributed by atoms with Crippen molar-refractivity contribution in [2.24, 2.45) is 0 Å². The van der Waals surface area contributed by atoms with Crippen molar-refractivity contribution >= 4 is 5.97 Å². The van der Waals surface area contributed by atoms with Crippen molar-refractivity contribution in [2.75, 3.05) is 0 Å². The fourth-order valence-electron chi connectivity index (χ4n) is 2.38. The predicted octanol–water partition coefficient (Wildman–Crippen LogP) is 2.48. The van der Waals surface area contributed by atoms with Crippen LogP contribution in [0.25, 0.3) is 0 Å². The Morgan fingerprint density at radius 2 is 1.89 bits per heavy atom. The van der Waals surface area contributed by atoms with Gasteiger partial charge >= 0.3 is 5.97 Å². The normalized spacial score (nSPS) is 10.7. The number of aliphatic carboxylic acids is 1. The van der Waals surface area contributed by atoms with Crippen LogP contribution in [0, 0.1) is 20.8 Å². The summed E-state index contributed by atoms with van der Waals surface area (Å²) < 4.78 is 1.93. The van der Waals surface area contributed by atoms with Crippen molar-refractivity contribution in [1.82, 2.24) is 9.55 Å². The molecule has 1 aromatic carbocycles. The molecule has 0 amide bonds. The van der Waals surface area contributed by atoms with Crippen LogP contribution in [0.15, 0.2) is 24.7 Å². The van der Waals surface area contributed by atoms with Gasteiger partial charge in [0.2, 0.25) is 0 Å². The van der Waals surface area contributed by atoms with Gasteiger partial charge in [-0.05, 0) is 37.5 Å². The van der Waals surface area contributed by atoms with Crippen LogP contribution in [0.5, 0.6) is 0 Å². The topological polar surface area (TPSA) is 55.1 Å². The molecule has 0 aliphatic carbocycles. The lowest BCUT2D eigenvalue weighted by Gasteiger charge is -2.11. The summed E-state index contributed by atoms with van der Waals surface area (Å²) in [6.07, 6.45) is 3.46. The average Bonchev–Trinajstić information content (AvgIpc) is 2.70. The first-order chi connectivity index (χ1) is 8.95. The molecule has 2 aromatic rings. The van der Waals surface area contributed by atoms with E-state index in [1.807, 2.05) is 4.57 Å². The van der Waals surface area contributed by atoms with Crippen LogP contribution >= 0.6 is 0 Å². The van der Waals surface area contributed by atoms with Crippen molar-refractivity contribution in [3.05, 3.63) is 52.6 Å². The summed E-state index contributed by atoms with van der Waals surface area (Å²) >= 11 is 0. The zero-order valence-electron chi connectivity index (χ0n) is 11.5. The van der Waals surface area contributed by atoms with Crippen molar-refractivity contribution < 1.29 is 9.90 Å². The van der Waals surface area contributed by atoms with Gasteiger partial charge in [0, 0.05) is 12.7 Å². The Morgan fingerprint density at radius 1 is 1.26 bits per heavy atom. The van der Waals surface area contributed by atoms with Gasteiger partial charge in [0.05, 0.1) is 18.4 Å². The molecule has 0 saturated carbocycles. The lowest BCUT2D eigenvalue weighted by atomic mass is 10.00. The van der Waals surface area contributed by atoms with Crippen LogP contribution in [0.2, 0.25) is 0 Å². The van der Waals surface area contributed by atoms with E-state index in [-0.39, 0.29) is 6.42 Å². The van der Waals surface area contributed by atoms with E-state index in [1.54, 1.807) is 12.5 Å². The van der Waals surface area contributed by atoms with Crippen LogP contribution in [-0.4, -0.2) is 20.6 Å². The summed E-state index contributed by atoms with van der Waals surface area (Å²) in [5.41, 5.74) is 5.63. The summed E-state index contributed by atoms with van der Waals surface area (Å²) in [4.78, 5) is 14.7. The maximum absolute atomic E-state index is 10.6. The minimum atomic E-state index is -0.854. The number of carboxylic acid groups (broad SMARTS) is 1. The van der Waals surface area contributed by atoms with E-state index in [0.29, 0.717) is 5.69 Å². The molecule has 19 heavy (non-hydrogen) atoms. The fourth-order valence-corrected chi connectivity index (χ4v) is 2.38. The molecule has 0 aliphatic rings. The summed E-state index contributed by atoms with van der Waals surface area (Å²) in [6, 6.07) is 4.33. The van der Waals surface area contributed by atoms with Crippen LogP contribution in [0.4, 0.5) is 0 Å². The molecule has 0 bridgehead atoms. The van der Waals surface area contributed by atoms with E-state index in [1.165, 1.54) is 22.3 Å². The Balaban J connectivity index is 2.22. The average molecular weight is 258 g/mol. The Labute approximate surface area is 112 Å². The van der Waals surface area contributed by atoms with Gasteiger partial charge < -0.3 is 9.67 Å². The van der Waals surface area contributed by atoms with Crippen LogP contribution in [0.3, 0.4) is 0 Å². The Bertz CT molecular complexity index is 591. The maximum Gasteiger partial charge on any atom is 0.309 e. The third-order valence-corrected chi connectivity index (χ3v) is 3.20. The first-order valence-corrected chi connectivity index (χ1v) is 6.25. The van der Waals surface area contributed by atoms with Crippen molar-refractivity contribution in [1.29, 1.82) is 0 Å². The van der Waals surface area contributed by atoms with Crippen LogP contribution < -0.4 is 0 Å². The molecular formula is C15H18N2O2. The highest BCUT2D eigenvalue weighted by Crippen LogP contribution is 2.17. The highest BCUT2D eigenvalue weighted by atomic mass is 16.4. The highest BCUT2D eigenvalue weighted by molar-refractivity contribution is 5.69. The van der Waals surface area contributed by atoms with Gasteiger partial charge in [-0.25, -0.2) is 4.98 Å². The minimum absolute atomic E-state index is 0.0289. The molecule has 0 saturated heterocycles. The number of benzene rings is 1. The second-order valence-electron chi connectivity index (χ2n) is 4.99. The quantitative estimate of drug-likeness (QED) is 0.916. The molecule has 0 radical (unpaired) electrons. The molecule has 0 spiro atoms. The second-order valence-corrected chi connectivity index (χ2v) is 4.99. The molecule has 100 valence electrons. The van der Waals surface area contributed by atoms with Gasteiger partial charge in [-0.2, -0.15) is 0 Å². The number of carboxylic acids is 1. The number of nitrogens with zero attached hydrogens (tertiary/aromatic N) is 2. The second kappa shape index (κ2) is 5.26. The maximum atomic E-state index is 10.6. The number of carbonyl (C=O) groups is 1. The molecule has 2 rings (SSSR count). The first kappa shape index (κ1) is 13.3. The summed E-state index contributed by atoms with van der Waals surface area (Å²) in [7, 11) is 0. The predicted molar refractivity (Wildman–Crippen MR) is 73.3 cm³/mol. The van der Waals surface area contributed by atoms with Gasteiger partial charge in [-0.3, -0.25) is 4.79 Å². The van der Waals surface area contributed by atoms with Gasteiger partial charge in [0.1, 0.15) is 0 Å². The first-order valence-electron chi connectivity index (χ1n) is 6.25. The lowest BCUT2D eigenvalue weighted by molar-refractivity contribution is -0.136. The molecule has 1 N–H and O–H groups in total. The van der Waals surface area contributed by atoms with Gasteiger partial charge in [-0.15, -0.1) is 0 Å². The molecular weight excluding hydrogens is 240 g/mol. The lowest BCUT2D eigenvalue weighted by Crippen LogP contribution is -2.03. The standard InChI is InChI=1S/C15H18N2O2/c1-10-4-11(2)14(12(3)5-10)8-17-7-13(16-9-17)6-15(18)19/h4-5,7,9H,6,8H2,1-3H3,(H,18,19). The molecule has 0 aliphatic heterocycles. The van der Waals surface area contributed by atoms with Gasteiger partial charge in [-0.1, -0.05) is 17.7 Å². The largest absolute Gasteiger partial charge is 0.481 e. The minimum Gasteiger partial charge on any atom is -0.481 e. The number of imidazole rings is 1. The SMILES string of the molecule is Cc1cc(C)c(Cn2cnc(CC(=O)O)c2)c(C)c1. The molecule has 0 fully saturated rings. The third kappa shape index (κ3) is 3.22. The Kier molecular flexibility index (Phi) is 3.69.